The highest BCUT2D eigenvalue weighted by Gasteiger charge is 2.29. The zero-order chi connectivity index (χ0) is 14.3. The van der Waals surface area contributed by atoms with Gasteiger partial charge >= 0.3 is 5.97 Å². The van der Waals surface area contributed by atoms with Gasteiger partial charge in [0, 0.05) is 11.8 Å². The van der Waals surface area contributed by atoms with E-state index in [9.17, 15) is 19.5 Å². The van der Waals surface area contributed by atoms with Gasteiger partial charge in [0.2, 0.25) is 11.8 Å². The number of carbonyl (C=O) groups excluding carboxylic acids is 2. The summed E-state index contributed by atoms with van der Waals surface area (Å²) in [5.41, 5.74) is 1.23. The quantitative estimate of drug-likeness (QED) is 0.700. The summed E-state index contributed by atoms with van der Waals surface area (Å²) in [5, 5.41) is 18.5. The molecule has 2 heterocycles. The van der Waals surface area contributed by atoms with E-state index in [2.05, 4.69) is 15.5 Å². The minimum Gasteiger partial charge on any atom is -0.478 e. The number of nitrogens with one attached hydrogen (secondary N) is 2. The molecule has 1 unspecified atom stereocenters. The van der Waals surface area contributed by atoms with E-state index in [0.29, 0.717) is 22.9 Å². The van der Waals surface area contributed by atoms with Crippen molar-refractivity contribution in [1.82, 2.24) is 15.5 Å². The SMILES string of the molecule is O=C1CCC(c2cc(C(=O)O)c3cn[nH]c3c2)C(=O)N1. The number of fused-ring (bicyclic) bond motifs is 1. The van der Waals surface area contributed by atoms with Gasteiger partial charge in [-0.3, -0.25) is 20.0 Å². The predicted octanol–water partition coefficient (Wildman–Crippen LogP) is 0.781. The molecule has 1 aromatic heterocycles. The second kappa shape index (κ2) is 4.44. The van der Waals surface area contributed by atoms with Crippen LogP contribution >= 0.6 is 0 Å². The molecule has 1 saturated heterocycles. The van der Waals surface area contributed by atoms with E-state index in [1.165, 1.54) is 12.3 Å². The lowest BCUT2D eigenvalue weighted by atomic mass is 9.89. The minimum atomic E-state index is -1.08. The molecule has 2 amide bonds. The first-order chi connectivity index (χ1) is 9.56. The molecule has 0 bridgehead atoms. The second-order valence-electron chi connectivity index (χ2n) is 4.71. The summed E-state index contributed by atoms with van der Waals surface area (Å²) in [6.45, 7) is 0. The lowest BCUT2D eigenvalue weighted by Crippen LogP contribution is -2.39. The number of aromatic amines is 1. The Kier molecular flexibility index (Phi) is 2.74. The van der Waals surface area contributed by atoms with Crippen LogP contribution in [0.1, 0.15) is 34.7 Å². The number of H-pyrrole nitrogens is 1. The Morgan fingerprint density at radius 1 is 1.35 bits per heavy atom. The van der Waals surface area contributed by atoms with Crippen LogP contribution < -0.4 is 5.32 Å². The molecule has 1 aromatic carbocycles. The van der Waals surface area contributed by atoms with E-state index in [1.54, 1.807) is 6.07 Å². The molecular weight excluding hydrogens is 262 g/mol. The molecule has 0 aliphatic carbocycles. The van der Waals surface area contributed by atoms with Gasteiger partial charge in [-0.2, -0.15) is 5.10 Å². The Morgan fingerprint density at radius 2 is 2.15 bits per heavy atom. The molecule has 1 aliphatic rings. The molecule has 102 valence electrons. The van der Waals surface area contributed by atoms with Crippen LogP contribution in [-0.2, 0) is 9.59 Å². The Morgan fingerprint density at radius 3 is 2.85 bits per heavy atom. The molecule has 3 rings (SSSR count). The summed E-state index contributed by atoms with van der Waals surface area (Å²) in [5.74, 6) is -2.28. The molecule has 0 radical (unpaired) electrons. The summed E-state index contributed by atoms with van der Waals surface area (Å²) in [4.78, 5) is 34.3. The summed E-state index contributed by atoms with van der Waals surface area (Å²) in [7, 11) is 0. The number of piperidine rings is 1. The van der Waals surface area contributed by atoms with Crippen molar-refractivity contribution in [2.75, 3.05) is 0 Å². The number of hydrogen-bond acceptors (Lipinski definition) is 4. The van der Waals surface area contributed by atoms with Gasteiger partial charge in [-0.1, -0.05) is 0 Å². The molecule has 7 nitrogen and oxygen atoms in total. The fraction of sp³-hybridized carbons (Fsp3) is 0.231. The van der Waals surface area contributed by atoms with Crippen molar-refractivity contribution in [3.05, 3.63) is 29.5 Å². The van der Waals surface area contributed by atoms with E-state index >= 15 is 0 Å². The van der Waals surface area contributed by atoms with Gasteiger partial charge in [0.15, 0.2) is 0 Å². The smallest absolute Gasteiger partial charge is 0.336 e. The van der Waals surface area contributed by atoms with E-state index in [4.69, 9.17) is 0 Å². The molecule has 1 aliphatic heterocycles. The Hall–Kier alpha value is -2.70. The van der Waals surface area contributed by atoms with E-state index < -0.39 is 17.8 Å². The maximum atomic E-state index is 11.9. The second-order valence-corrected chi connectivity index (χ2v) is 4.71. The van der Waals surface area contributed by atoms with Crippen LogP contribution in [0.2, 0.25) is 0 Å². The van der Waals surface area contributed by atoms with Crippen molar-refractivity contribution in [2.45, 2.75) is 18.8 Å². The highest BCUT2D eigenvalue weighted by molar-refractivity contribution is 6.05. The number of imide groups is 1. The molecule has 1 atom stereocenters. The third-order valence-corrected chi connectivity index (χ3v) is 3.45. The Bertz CT molecular complexity index is 734. The van der Waals surface area contributed by atoms with Gasteiger partial charge < -0.3 is 5.11 Å². The summed E-state index contributed by atoms with van der Waals surface area (Å²) in [6.07, 6.45) is 2.07. The third kappa shape index (κ3) is 1.93. The van der Waals surface area contributed by atoms with E-state index in [-0.39, 0.29) is 17.9 Å². The first-order valence-electron chi connectivity index (χ1n) is 6.10. The van der Waals surface area contributed by atoms with Crippen molar-refractivity contribution in [1.29, 1.82) is 0 Å². The maximum absolute atomic E-state index is 11.9. The van der Waals surface area contributed by atoms with E-state index in [0.717, 1.165) is 0 Å². The first-order valence-corrected chi connectivity index (χ1v) is 6.10. The number of hydrogen-bond donors (Lipinski definition) is 3. The number of carboxylic acid groups (broad SMARTS) is 1. The number of rotatable bonds is 2. The average Bonchev–Trinajstić information content (AvgIpc) is 2.85. The summed E-state index contributed by atoms with van der Waals surface area (Å²) >= 11 is 0. The number of aromatic nitrogens is 2. The van der Waals surface area contributed by atoms with Gasteiger partial charge in [-0.05, 0) is 24.1 Å². The van der Waals surface area contributed by atoms with Crippen molar-refractivity contribution >= 4 is 28.7 Å². The van der Waals surface area contributed by atoms with Gasteiger partial charge in [-0.15, -0.1) is 0 Å². The number of nitrogens with zero attached hydrogens (tertiary/aromatic N) is 1. The molecule has 20 heavy (non-hydrogen) atoms. The molecule has 7 heteroatoms. The van der Waals surface area contributed by atoms with Crippen molar-refractivity contribution in [2.24, 2.45) is 0 Å². The third-order valence-electron chi connectivity index (χ3n) is 3.45. The largest absolute Gasteiger partial charge is 0.478 e. The first kappa shape index (κ1) is 12.3. The van der Waals surface area contributed by atoms with Crippen LogP contribution in [-0.4, -0.2) is 33.1 Å². The maximum Gasteiger partial charge on any atom is 0.336 e. The van der Waals surface area contributed by atoms with Crippen LogP contribution in [0.3, 0.4) is 0 Å². The number of aromatic carboxylic acids is 1. The number of benzene rings is 1. The van der Waals surface area contributed by atoms with Gasteiger partial charge in [0.1, 0.15) is 0 Å². The Balaban J connectivity index is 2.10. The fourth-order valence-corrected chi connectivity index (χ4v) is 2.46. The van der Waals surface area contributed by atoms with Gasteiger partial charge in [-0.25, -0.2) is 4.79 Å². The van der Waals surface area contributed by atoms with Gasteiger partial charge in [0.05, 0.1) is 23.2 Å². The lowest BCUT2D eigenvalue weighted by molar-refractivity contribution is -0.134. The van der Waals surface area contributed by atoms with Crippen LogP contribution in [0, 0.1) is 0 Å². The molecule has 3 N–H and O–H groups in total. The highest BCUT2D eigenvalue weighted by Crippen LogP contribution is 2.29. The number of amides is 2. The monoisotopic (exact) mass is 273 g/mol. The topological polar surface area (TPSA) is 112 Å². The zero-order valence-corrected chi connectivity index (χ0v) is 10.3. The van der Waals surface area contributed by atoms with Crippen LogP contribution in [0.15, 0.2) is 18.3 Å². The Labute approximate surface area is 113 Å². The van der Waals surface area contributed by atoms with Gasteiger partial charge in [0.25, 0.3) is 0 Å². The van der Waals surface area contributed by atoms with Crippen molar-refractivity contribution in [3.63, 3.8) is 0 Å². The predicted molar refractivity (Wildman–Crippen MR) is 68.2 cm³/mol. The normalized spacial score (nSPS) is 19.1. The van der Waals surface area contributed by atoms with E-state index in [1.807, 2.05) is 0 Å². The molecule has 0 saturated carbocycles. The van der Waals surface area contributed by atoms with Crippen LogP contribution in [0.4, 0.5) is 0 Å². The standard InChI is InChI=1S/C13H11N3O4/c17-11-2-1-7(12(18)15-11)6-3-8(13(19)20)9-5-14-16-10(9)4-6/h3-5,7H,1-2H2,(H,14,16)(H,19,20)(H,15,17,18). The zero-order valence-electron chi connectivity index (χ0n) is 10.3. The molecule has 1 fully saturated rings. The average molecular weight is 273 g/mol. The lowest BCUT2D eigenvalue weighted by Gasteiger charge is -2.21. The fourth-order valence-electron chi connectivity index (χ4n) is 2.46. The summed E-state index contributed by atoms with van der Waals surface area (Å²) < 4.78 is 0. The van der Waals surface area contributed by atoms with Crippen LogP contribution in [0.25, 0.3) is 10.9 Å². The molecule has 2 aromatic rings. The minimum absolute atomic E-state index is 0.0935. The molecule has 0 spiro atoms. The highest BCUT2D eigenvalue weighted by atomic mass is 16.4. The van der Waals surface area contributed by atoms with Crippen LogP contribution in [0.5, 0.6) is 0 Å². The number of carbonyl (C=O) groups is 3. The molecular formula is C13H11N3O4. The van der Waals surface area contributed by atoms with Crippen molar-refractivity contribution < 1.29 is 19.5 Å². The number of carboxylic acids is 1. The van der Waals surface area contributed by atoms with Crippen molar-refractivity contribution in [3.8, 4) is 0 Å². The summed E-state index contributed by atoms with van der Waals surface area (Å²) in [6, 6.07) is 3.18.